The number of amides is 1. The molecular formula is C15H20N6OS. The summed E-state index contributed by atoms with van der Waals surface area (Å²) < 4.78 is 0. The summed E-state index contributed by atoms with van der Waals surface area (Å²) in [6.45, 7) is 4.78. The predicted molar refractivity (Wildman–Crippen MR) is 91.3 cm³/mol. The molecule has 122 valence electrons. The summed E-state index contributed by atoms with van der Waals surface area (Å²) in [5, 5.41) is 8.49. The summed E-state index contributed by atoms with van der Waals surface area (Å²) in [4.78, 5) is 23.4. The van der Waals surface area contributed by atoms with E-state index in [0.29, 0.717) is 13.1 Å². The van der Waals surface area contributed by atoms with Crippen LogP contribution >= 0.6 is 11.3 Å². The highest BCUT2D eigenvalue weighted by molar-refractivity contribution is 7.11. The van der Waals surface area contributed by atoms with Gasteiger partial charge >= 0.3 is 0 Å². The highest BCUT2D eigenvalue weighted by atomic mass is 32.1. The Balaban J connectivity index is 1.62. The predicted octanol–water partition coefficient (Wildman–Crippen LogP) is 1.27. The van der Waals surface area contributed by atoms with Gasteiger partial charge in [0.25, 0.3) is 5.91 Å². The number of hydrogen-bond acceptors (Lipinski definition) is 7. The molecule has 0 saturated carbocycles. The fourth-order valence-corrected chi connectivity index (χ4v) is 3.28. The number of rotatable bonds is 3. The number of aryl methyl sites for hydroxylation is 1. The molecule has 1 aliphatic rings. The second-order valence-electron chi connectivity index (χ2n) is 5.69. The summed E-state index contributed by atoms with van der Waals surface area (Å²) in [7, 11) is 3.88. The zero-order chi connectivity index (χ0) is 16.4. The van der Waals surface area contributed by atoms with Crippen molar-refractivity contribution >= 4 is 28.9 Å². The average molecular weight is 332 g/mol. The third kappa shape index (κ3) is 3.26. The Kier molecular flexibility index (Phi) is 4.42. The van der Waals surface area contributed by atoms with E-state index in [1.165, 1.54) is 11.3 Å². The van der Waals surface area contributed by atoms with E-state index in [1.54, 1.807) is 5.51 Å². The molecule has 3 rings (SSSR count). The average Bonchev–Trinajstić information content (AvgIpc) is 3.00. The molecule has 0 N–H and O–H groups in total. The van der Waals surface area contributed by atoms with Crippen LogP contribution in [0.1, 0.15) is 15.4 Å². The first-order valence-electron chi connectivity index (χ1n) is 7.51. The largest absolute Gasteiger partial charge is 0.361 e. The molecule has 0 radical (unpaired) electrons. The molecule has 2 aromatic heterocycles. The van der Waals surface area contributed by atoms with Gasteiger partial charge in [-0.3, -0.25) is 4.79 Å². The first-order chi connectivity index (χ1) is 11.1. The van der Waals surface area contributed by atoms with Gasteiger partial charge in [0.2, 0.25) is 0 Å². The van der Waals surface area contributed by atoms with Gasteiger partial charge in [0, 0.05) is 40.3 Å². The number of thiazole rings is 1. The highest BCUT2D eigenvalue weighted by Gasteiger charge is 2.25. The zero-order valence-electron chi connectivity index (χ0n) is 13.6. The first kappa shape index (κ1) is 15.7. The third-order valence-electron chi connectivity index (χ3n) is 3.93. The molecule has 0 atom stereocenters. The molecule has 7 nitrogen and oxygen atoms in total. The fraction of sp³-hybridized carbons (Fsp3) is 0.467. The van der Waals surface area contributed by atoms with Crippen LogP contribution in [0.4, 0.5) is 11.6 Å². The van der Waals surface area contributed by atoms with Crippen molar-refractivity contribution < 1.29 is 4.79 Å². The number of nitrogens with zero attached hydrogens (tertiary/aromatic N) is 6. The Hall–Kier alpha value is -2.22. The van der Waals surface area contributed by atoms with Crippen LogP contribution < -0.4 is 9.80 Å². The zero-order valence-corrected chi connectivity index (χ0v) is 14.4. The molecule has 1 fully saturated rings. The summed E-state index contributed by atoms with van der Waals surface area (Å²) in [5.41, 5.74) is 2.54. The van der Waals surface area contributed by atoms with E-state index >= 15 is 0 Å². The van der Waals surface area contributed by atoms with Crippen molar-refractivity contribution in [2.75, 3.05) is 50.1 Å². The monoisotopic (exact) mass is 332 g/mol. The minimum Gasteiger partial charge on any atom is -0.361 e. The highest BCUT2D eigenvalue weighted by Crippen LogP contribution is 2.19. The Labute approximate surface area is 139 Å². The smallest absolute Gasteiger partial charge is 0.265 e. The van der Waals surface area contributed by atoms with Crippen molar-refractivity contribution in [2.24, 2.45) is 0 Å². The SMILES string of the molecule is Cc1ncsc1C(=O)N1CCN(c2ccc(N(C)C)nn2)CC1. The van der Waals surface area contributed by atoms with E-state index in [9.17, 15) is 4.79 Å². The number of carbonyl (C=O) groups is 1. The van der Waals surface area contributed by atoms with Gasteiger partial charge in [-0.2, -0.15) is 0 Å². The summed E-state index contributed by atoms with van der Waals surface area (Å²) >= 11 is 1.41. The molecule has 23 heavy (non-hydrogen) atoms. The normalized spacial score (nSPS) is 14.9. The maximum atomic E-state index is 12.5. The van der Waals surface area contributed by atoms with Gasteiger partial charge in [0.15, 0.2) is 11.6 Å². The van der Waals surface area contributed by atoms with Crippen molar-refractivity contribution in [1.29, 1.82) is 0 Å². The maximum absolute atomic E-state index is 12.5. The Morgan fingerprint density at radius 3 is 2.43 bits per heavy atom. The van der Waals surface area contributed by atoms with E-state index < -0.39 is 0 Å². The molecule has 3 heterocycles. The minimum atomic E-state index is 0.0821. The fourth-order valence-electron chi connectivity index (χ4n) is 2.51. The molecule has 0 spiro atoms. The van der Waals surface area contributed by atoms with E-state index in [-0.39, 0.29) is 5.91 Å². The molecule has 0 bridgehead atoms. The minimum absolute atomic E-state index is 0.0821. The second kappa shape index (κ2) is 6.49. The van der Waals surface area contributed by atoms with Gasteiger partial charge in [-0.25, -0.2) is 4.98 Å². The van der Waals surface area contributed by atoms with Crippen LogP contribution in [-0.2, 0) is 0 Å². The van der Waals surface area contributed by atoms with E-state index in [1.807, 2.05) is 43.0 Å². The molecule has 1 amide bonds. The Morgan fingerprint density at radius 1 is 1.17 bits per heavy atom. The van der Waals surface area contributed by atoms with Gasteiger partial charge in [-0.05, 0) is 19.1 Å². The lowest BCUT2D eigenvalue weighted by Crippen LogP contribution is -2.49. The van der Waals surface area contributed by atoms with E-state index in [0.717, 1.165) is 35.3 Å². The quantitative estimate of drug-likeness (QED) is 0.843. The molecule has 8 heteroatoms. The summed E-state index contributed by atoms with van der Waals surface area (Å²) in [5.74, 6) is 1.78. The van der Waals surface area contributed by atoms with Crippen molar-refractivity contribution in [2.45, 2.75) is 6.92 Å². The van der Waals surface area contributed by atoms with Crippen LogP contribution in [0.25, 0.3) is 0 Å². The van der Waals surface area contributed by atoms with Crippen LogP contribution in [0.2, 0.25) is 0 Å². The molecular weight excluding hydrogens is 312 g/mol. The van der Waals surface area contributed by atoms with Crippen molar-refractivity contribution in [3.8, 4) is 0 Å². The number of carbonyl (C=O) groups excluding carboxylic acids is 1. The number of anilines is 2. The molecule has 2 aromatic rings. The molecule has 0 aromatic carbocycles. The van der Waals surface area contributed by atoms with Gasteiger partial charge in [-0.1, -0.05) is 0 Å². The van der Waals surface area contributed by atoms with Crippen LogP contribution in [0.3, 0.4) is 0 Å². The van der Waals surface area contributed by atoms with Crippen LogP contribution in [0.5, 0.6) is 0 Å². The van der Waals surface area contributed by atoms with E-state index in [2.05, 4.69) is 20.1 Å². The third-order valence-corrected chi connectivity index (χ3v) is 4.84. The standard InChI is InChI=1S/C15H20N6OS/c1-11-14(23-10-16-11)15(22)21-8-6-20(7-9-21)13-5-4-12(17-18-13)19(2)3/h4-5,10H,6-9H2,1-3H3. The Bertz CT molecular complexity index is 676. The molecule has 1 aliphatic heterocycles. The van der Waals surface area contributed by atoms with Crippen LogP contribution in [0, 0.1) is 6.92 Å². The van der Waals surface area contributed by atoms with Gasteiger partial charge < -0.3 is 14.7 Å². The van der Waals surface area contributed by atoms with Gasteiger partial charge in [0.1, 0.15) is 4.88 Å². The van der Waals surface area contributed by atoms with E-state index in [4.69, 9.17) is 0 Å². The topological polar surface area (TPSA) is 65.5 Å². The number of hydrogen-bond donors (Lipinski definition) is 0. The van der Waals surface area contributed by atoms with Crippen LogP contribution in [-0.4, -0.2) is 66.3 Å². The lowest BCUT2D eigenvalue weighted by Gasteiger charge is -2.35. The van der Waals surface area contributed by atoms with Crippen molar-refractivity contribution in [1.82, 2.24) is 20.1 Å². The molecule has 1 saturated heterocycles. The maximum Gasteiger partial charge on any atom is 0.265 e. The first-order valence-corrected chi connectivity index (χ1v) is 8.39. The van der Waals surface area contributed by atoms with Crippen LogP contribution in [0.15, 0.2) is 17.6 Å². The molecule has 0 unspecified atom stereocenters. The molecule has 0 aliphatic carbocycles. The lowest BCUT2D eigenvalue weighted by atomic mass is 10.2. The number of aromatic nitrogens is 3. The van der Waals surface area contributed by atoms with Gasteiger partial charge in [0.05, 0.1) is 11.2 Å². The van der Waals surface area contributed by atoms with Crippen molar-refractivity contribution in [3.63, 3.8) is 0 Å². The lowest BCUT2D eigenvalue weighted by molar-refractivity contribution is 0.0750. The second-order valence-corrected chi connectivity index (χ2v) is 6.55. The van der Waals surface area contributed by atoms with Gasteiger partial charge in [-0.15, -0.1) is 21.5 Å². The summed E-state index contributed by atoms with van der Waals surface area (Å²) in [6.07, 6.45) is 0. The Morgan fingerprint density at radius 2 is 1.91 bits per heavy atom. The number of piperazine rings is 1. The van der Waals surface area contributed by atoms with Crippen molar-refractivity contribution in [3.05, 3.63) is 28.2 Å². The summed E-state index contributed by atoms with van der Waals surface area (Å²) in [6, 6.07) is 3.94.